The van der Waals surface area contributed by atoms with E-state index < -0.39 is 12.3 Å². The first kappa shape index (κ1) is 14.6. The second kappa shape index (κ2) is 5.31. The van der Waals surface area contributed by atoms with E-state index in [9.17, 15) is 18.0 Å². The Morgan fingerprint density at radius 1 is 1.14 bits per heavy atom. The Labute approximate surface area is 116 Å². The maximum absolute atomic E-state index is 12.0. The third-order valence-corrected chi connectivity index (χ3v) is 2.54. The molecule has 0 aliphatic rings. The van der Waals surface area contributed by atoms with E-state index in [1.807, 2.05) is 0 Å². The monoisotopic (exact) mass is 298 g/mol. The third kappa shape index (κ3) is 3.62. The number of aromatic carboxylic acids is 1. The molecule has 8 heteroatoms. The lowest BCUT2D eigenvalue weighted by atomic mass is 10.1. The van der Waals surface area contributed by atoms with Gasteiger partial charge in [-0.3, -0.25) is 0 Å². The Morgan fingerprint density at radius 2 is 1.76 bits per heavy atom. The number of benzene rings is 1. The molecule has 0 amide bonds. The number of halogens is 3. The summed E-state index contributed by atoms with van der Waals surface area (Å²) in [6.45, 7) is 0. The SMILES string of the molecule is Nc1nc(C(=O)O)ccc1-c1ccc(OC(F)(F)F)cc1. The van der Waals surface area contributed by atoms with Crippen LogP contribution in [0.25, 0.3) is 11.1 Å². The predicted octanol–water partition coefficient (Wildman–Crippen LogP) is 2.93. The molecule has 5 nitrogen and oxygen atoms in total. The summed E-state index contributed by atoms with van der Waals surface area (Å²) in [7, 11) is 0. The van der Waals surface area contributed by atoms with Crippen molar-refractivity contribution in [3.05, 3.63) is 42.1 Å². The number of nitrogens with two attached hydrogens (primary N) is 1. The van der Waals surface area contributed by atoms with E-state index in [1.165, 1.54) is 24.3 Å². The topological polar surface area (TPSA) is 85.4 Å². The van der Waals surface area contributed by atoms with Crippen LogP contribution in [-0.2, 0) is 0 Å². The van der Waals surface area contributed by atoms with Crippen molar-refractivity contribution in [2.24, 2.45) is 0 Å². The number of anilines is 1. The van der Waals surface area contributed by atoms with Crippen molar-refractivity contribution in [2.75, 3.05) is 5.73 Å². The van der Waals surface area contributed by atoms with Gasteiger partial charge in [-0.05, 0) is 29.8 Å². The van der Waals surface area contributed by atoms with Crippen molar-refractivity contribution >= 4 is 11.8 Å². The van der Waals surface area contributed by atoms with Crippen molar-refractivity contribution < 1.29 is 27.8 Å². The highest BCUT2D eigenvalue weighted by Crippen LogP contribution is 2.28. The number of carboxylic acid groups (broad SMARTS) is 1. The number of alkyl halides is 3. The highest BCUT2D eigenvalue weighted by molar-refractivity contribution is 5.87. The van der Waals surface area contributed by atoms with E-state index >= 15 is 0 Å². The van der Waals surface area contributed by atoms with Crippen LogP contribution < -0.4 is 10.5 Å². The van der Waals surface area contributed by atoms with E-state index in [4.69, 9.17) is 10.8 Å². The second-order valence-corrected chi connectivity index (χ2v) is 4.01. The fourth-order valence-corrected chi connectivity index (χ4v) is 1.67. The van der Waals surface area contributed by atoms with Gasteiger partial charge in [0.1, 0.15) is 11.6 Å². The Bertz CT molecular complexity index is 669. The van der Waals surface area contributed by atoms with Crippen molar-refractivity contribution in [2.45, 2.75) is 6.36 Å². The standard InChI is InChI=1S/C13H9F3N2O3/c14-13(15,16)21-8-3-1-7(2-4-8)9-5-6-10(12(19)20)18-11(9)17/h1-6H,(H2,17,18)(H,19,20). The van der Waals surface area contributed by atoms with Gasteiger partial charge >= 0.3 is 12.3 Å². The molecule has 2 aromatic rings. The normalized spacial score (nSPS) is 11.2. The van der Waals surface area contributed by atoms with Crippen LogP contribution >= 0.6 is 0 Å². The zero-order valence-electron chi connectivity index (χ0n) is 10.4. The van der Waals surface area contributed by atoms with E-state index in [0.717, 1.165) is 12.1 Å². The number of carbonyl (C=O) groups is 1. The number of hydrogen-bond donors (Lipinski definition) is 2. The molecule has 0 unspecified atom stereocenters. The average Bonchev–Trinajstić information content (AvgIpc) is 2.38. The first-order chi connectivity index (χ1) is 9.76. The fourth-order valence-electron chi connectivity index (χ4n) is 1.67. The Kier molecular flexibility index (Phi) is 3.70. The average molecular weight is 298 g/mol. The molecule has 0 saturated carbocycles. The van der Waals surface area contributed by atoms with Gasteiger partial charge in [0.25, 0.3) is 0 Å². The second-order valence-electron chi connectivity index (χ2n) is 4.01. The predicted molar refractivity (Wildman–Crippen MR) is 67.7 cm³/mol. The lowest BCUT2D eigenvalue weighted by Crippen LogP contribution is -2.16. The summed E-state index contributed by atoms with van der Waals surface area (Å²) in [6, 6.07) is 7.70. The molecule has 0 aliphatic carbocycles. The van der Waals surface area contributed by atoms with Gasteiger partial charge in [-0.2, -0.15) is 0 Å². The number of hydrogen-bond acceptors (Lipinski definition) is 4. The van der Waals surface area contributed by atoms with Crippen LogP contribution in [0.1, 0.15) is 10.5 Å². The minimum Gasteiger partial charge on any atom is -0.477 e. The molecule has 1 heterocycles. The fraction of sp³-hybridized carbons (Fsp3) is 0.0769. The first-order valence-electron chi connectivity index (χ1n) is 5.62. The first-order valence-corrected chi connectivity index (χ1v) is 5.62. The molecule has 0 fully saturated rings. The molecule has 1 aromatic heterocycles. The molecular weight excluding hydrogens is 289 g/mol. The summed E-state index contributed by atoms with van der Waals surface area (Å²) in [5.41, 5.74) is 6.34. The minimum atomic E-state index is -4.76. The van der Waals surface area contributed by atoms with Crippen LogP contribution in [0, 0.1) is 0 Å². The molecule has 1 aromatic carbocycles. The number of ether oxygens (including phenoxy) is 1. The molecule has 0 saturated heterocycles. The number of pyridine rings is 1. The maximum Gasteiger partial charge on any atom is 0.573 e. The lowest BCUT2D eigenvalue weighted by molar-refractivity contribution is -0.274. The molecule has 0 aliphatic heterocycles. The largest absolute Gasteiger partial charge is 0.573 e. The highest BCUT2D eigenvalue weighted by atomic mass is 19.4. The number of rotatable bonds is 3. The smallest absolute Gasteiger partial charge is 0.477 e. The van der Waals surface area contributed by atoms with E-state index in [0.29, 0.717) is 11.1 Å². The van der Waals surface area contributed by atoms with Gasteiger partial charge in [-0.25, -0.2) is 9.78 Å². The zero-order valence-corrected chi connectivity index (χ0v) is 10.4. The molecule has 0 spiro atoms. The van der Waals surface area contributed by atoms with Gasteiger partial charge in [0.05, 0.1) is 0 Å². The lowest BCUT2D eigenvalue weighted by Gasteiger charge is -2.10. The van der Waals surface area contributed by atoms with Gasteiger partial charge < -0.3 is 15.6 Å². The van der Waals surface area contributed by atoms with Crippen molar-refractivity contribution in [1.29, 1.82) is 0 Å². The molecule has 2 rings (SSSR count). The van der Waals surface area contributed by atoms with Gasteiger partial charge in [0.15, 0.2) is 5.69 Å². The van der Waals surface area contributed by atoms with Crippen LogP contribution in [0.4, 0.5) is 19.0 Å². The summed E-state index contributed by atoms with van der Waals surface area (Å²) in [6.07, 6.45) is -4.76. The minimum absolute atomic E-state index is 0.0283. The van der Waals surface area contributed by atoms with Crippen LogP contribution in [0.15, 0.2) is 36.4 Å². The van der Waals surface area contributed by atoms with E-state index in [1.54, 1.807) is 0 Å². The van der Waals surface area contributed by atoms with Crippen LogP contribution in [0.2, 0.25) is 0 Å². The van der Waals surface area contributed by atoms with E-state index in [-0.39, 0.29) is 17.3 Å². The van der Waals surface area contributed by atoms with Gasteiger partial charge in [-0.1, -0.05) is 12.1 Å². The zero-order chi connectivity index (χ0) is 15.6. The number of aromatic nitrogens is 1. The van der Waals surface area contributed by atoms with Gasteiger partial charge in [-0.15, -0.1) is 13.2 Å². The molecule has 21 heavy (non-hydrogen) atoms. The Balaban J connectivity index is 2.29. The number of nitrogens with zero attached hydrogens (tertiary/aromatic N) is 1. The summed E-state index contributed by atoms with van der Waals surface area (Å²) in [5.74, 6) is -1.61. The van der Waals surface area contributed by atoms with E-state index in [2.05, 4.69) is 9.72 Å². The molecule has 110 valence electrons. The van der Waals surface area contributed by atoms with Crippen LogP contribution in [0.3, 0.4) is 0 Å². The van der Waals surface area contributed by atoms with Gasteiger partial charge in [0, 0.05) is 5.56 Å². The molecule has 3 N–H and O–H groups in total. The summed E-state index contributed by atoms with van der Waals surface area (Å²) in [4.78, 5) is 14.4. The molecule has 0 atom stereocenters. The Morgan fingerprint density at radius 3 is 2.24 bits per heavy atom. The number of nitrogen functional groups attached to an aromatic ring is 1. The quantitative estimate of drug-likeness (QED) is 0.910. The highest BCUT2D eigenvalue weighted by Gasteiger charge is 2.30. The molecule has 0 radical (unpaired) electrons. The van der Waals surface area contributed by atoms with Crippen LogP contribution in [0.5, 0.6) is 5.75 Å². The maximum atomic E-state index is 12.0. The molecular formula is C13H9F3N2O3. The van der Waals surface area contributed by atoms with Crippen LogP contribution in [-0.4, -0.2) is 22.4 Å². The Hall–Kier alpha value is -2.77. The van der Waals surface area contributed by atoms with Gasteiger partial charge in [0.2, 0.25) is 0 Å². The van der Waals surface area contributed by atoms with Crippen molar-refractivity contribution in [1.82, 2.24) is 4.98 Å². The third-order valence-electron chi connectivity index (χ3n) is 2.54. The summed E-state index contributed by atoms with van der Waals surface area (Å²) < 4.78 is 39.9. The van der Waals surface area contributed by atoms with Crippen molar-refractivity contribution in [3.8, 4) is 16.9 Å². The number of carboxylic acids is 1. The molecule has 0 bridgehead atoms. The van der Waals surface area contributed by atoms with Crippen molar-refractivity contribution in [3.63, 3.8) is 0 Å². The summed E-state index contributed by atoms with van der Waals surface area (Å²) in [5, 5.41) is 8.77. The summed E-state index contributed by atoms with van der Waals surface area (Å²) >= 11 is 0.